The summed E-state index contributed by atoms with van der Waals surface area (Å²) < 4.78 is 11.6. The second kappa shape index (κ2) is 4.88. The molecular weight excluding hydrogens is 316 g/mol. The lowest BCUT2D eigenvalue weighted by Crippen LogP contribution is -2.56. The van der Waals surface area contributed by atoms with Gasteiger partial charge in [0.2, 0.25) is 6.29 Å². The van der Waals surface area contributed by atoms with Gasteiger partial charge >= 0.3 is 5.97 Å². The third-order valence-corrected chi connectivity index (χ3v) is 9.29. The Labute approximate surface area is 150 Å². The van der Waals surface area contributed by atoms with Crippen LogP contribution in [0.25, 0.3) is 0 Å². The van der Waals surface area contributed by atoms with Gasteiger partial charge in [0.1, 0.15) is 11.4 Å². The first-order valence-electron chi connectivity index (χ1n) is 10.2. The van der Waals surface area contributed by atoms with Gasteiger partial charge in [0.25, 0.3) is 0 Å². The molecule has 25 heavy (non-hydrogen) atoms. The van der Waals surface area contributed by atoms with Crippen molar-refractivity contribution < 1.29 is 19.1 Å². The summed E-state index contributed by atoms with van der Waals surface area (Å²) in [5.74, 6) is 2.49. The van der Waals surface area contributed by atoms with Gasteiger partial charge < -0.3 is 9.47 Å². The number of rotatable bonds is 1. The molecule has 0 radical (unpaired) electrons. The summed E-state index contributed by atoms with van der Waals surface area (Å²) in [6.07, 6.45) is 7.89. The van der Waals surface area contributed by atoms with E-state index in [2.05, 4.69) is 13.8 Å². The molecule has 0 amide bonds. The van der Waals surface area contributed by atoms with Crippen LogP contribution in [0, 0.1) is 34.5 Å². The quantitative estimate of drug-likeness (QED) is 0.534. The number of hydrogen-bond donors (Lipinski definition) is 0. The van der Waals surface area contributed by atoms with Gasteiger partial charge in [0, 0.05) is 17.8 Å². The van der Waals surface area contributed by atoms with Crippen molar-refractivity contribution in [3.05, 3.63) is 0 Å². The third-order valence-electron chi connectivity index (χ3n) is 9.29. The van der Waals surface area contributed by atoms with E-state index in [1.807, 2.05) is 0 Å². The molecule has 3 saturated carbocycles. The summed E-state index contributed by atoms with van der Waals surface area (Å²) in [6.45, 7) is 6.54. The number of carbonyl (C=O) groups is 2. The lowest BCUT2D eigenvalue weighted by atomic mass is 9.46. The molecule has 5 fully saturated rings. The second-order valence-corrected chi connectivity index (χ2v) is 9.95. The topological polar surface area (TPSA) is 55.9 Å². The number of ketones is 1. The first-order valence-corrected chi connectivity index (χ1v) is 10.2. The smallest absolute Gasteiger partial charge is 0.308 e. The zero-order valence-corrected chi connectivity index (χ0v) is 15.7. The fourth-order valence-corrected chi connectivity index (χ4v) is 7.92. The van der Waals surface area contributed by atoms with Crippen molar-refractivity contribution in [3.8, 4) is 0 Å². The van der Waals surface area contributed by atoms with Crippen molar-refractivity contribution in [2.75, 3.05) is 0 Å². The average Bonchev–Trinajstić information content (AvgIpc) is 3.13. The number of ether oxygens (including phenoxy) is 2. The van der Waals surface area contributed by atoms with E-state index in [1.54, 1.807) is 6.92 Å². The minimum absolute atomic E-state index is 0.0440. The van der Waals surface area contributed by atoms with Gasteiger partial charge in [-0.1, -0.05) is 13.8 Å². The SMILES string of the molecule is CC(=O)[C@H]1CC[C@H]2[C@@H]3CC[C@@]45O[C@@H]4OC(=O)CC[C@]5(C)[C@H]3CC[C@]12C. The molecule has 1 spiro atoms. The lowest BCUT2D eigenvalue weighted by molar-refractivity contribution is -0.149. The third kappa shape index (κ3) is 1.87. The van der Waals surface area contributed by atoms with Crippen molar-refractivity contribution in [3.63, 3.8) is 0 Å². The van der Waals surface area contributed by atoms with E-state index in [-0.39, 0.29) is 34.6 Å². The Balaban J connectivity index is 1.49. The van der Waals surface area contributed by atoms with Crippen molar-refractivity contribution in [2.45, 2.75) is 84.0 Å². The van der Waals surface area contributed by atoms with Crippen LogP contribution in [-0.4, -0.2) is 23.6 Å². The average molecular weight is 346 g/mol. The van der Waals surface area contributed by atoms with E-state index in [0.29, 0.717) is 30.0 Å². The van der Waals surface area contributed by atoms with Gasteiger partial charge in [-0.3, -0.25) is 9.59 Å². The zero-order chi connectivity index (χ0) is 17.6. The van der Waals surface area contributed by atoms with Crippen LogP contribution in [0.5, 0.6) is 0 Å². The molecule has 5 rings (SSSR count). The van der Waals surface area contributed by atoms with Gasteiger partial charge in [-0.2, -0.15) is 0 Å². The molecule has 138 valence electrons. The summed E-state index contributed by atoms with van der Waals surface area (Å²) >= 11 is 0. The maximum Gasteiger partial charge on any atom is 0.308 e. The van der Waals surface area contributed by atoms with Gasteiger partial charge in [-0.05, 0) is 75.0 Å². The van der Waals surface area contributed by atoms with E-state index >= 15 is 0 Å². The first kappa shape index (κ1) is 16.3. The number of hydrogen-bond acceptors (Lipinski definition) is 4. The highest BCUT2D eigenvalue weighted by Gasteiger charge is 2.75. The first-order chi connectivity index (χ1) is 11.8. The van der Waals surface area contributed by atoms with Crippen molar-refractivity contribution in [1.29, 1.82) is 0 Å². The zero-order valence-electron chi connectivity index (χ0n) is 15.7. The fraction of sp³-hybridized carbons (Fsp3) is 0.905. The molecule has 2 saturated heterocycles. The van der Waals surface area contributed by atoms with E-state index in [0.717, 1.165) is 25.7 Å². The Morgan fingerprint density at radius 1 is 1.04 bits per heavy atom. The molecule has 0 bridgehead atoms. The molecule has 8 atom stereocenters. The minimum Gasteiger partial charge on any atom is -0.432 e. The molecule has 0 unspecified atom stereocenters. The Kier molecular flexibility index (Phi) is 3.18. The van der Waals surface area contributed by atoms with Crippen LogP contribution in [0.2, 0.25) is 0 Å². The summed E-state index contributed by atoms with van der Waals surface area (Å²) in [5, 5.41) is 0. The Hall–Kier alpha value is -0.900. The molecule has 0 aromatic rings. The van der Waals surface area contributed by atoms with Crippen LogP contribution in [0.3, 0.4) is 0 Å². The standard InChI is InChI=1S/C21H30O4/c1-12(22)14-4-5-15-13-6-11-21-18(25-21)24-17(23)8-10-20(21,3)16(13)7-9-19(14,15)2/h13-16,18H,4-11H2,1-3H3/t13-,14+,15-,16-,18-,19+,20+,21+/m0/s1. The number of fused-ring (bicyclic) bond motifs is 4. The van der Waals surface area contributed by atoms with E-state index < -0.39 is 0 Å². The Morgan fingerprint density at radius 3 is 2.60 bits per heavy atom. The molecule has 3 aliphatic carbocycles. The Bertz CT molecular complexity index is 644. The van der Waals surface area contributed by atoms with Crippen LogP contribution in [0.4, 0.5) is 0 Å². The predicted molar refractivity (Wildman–Crippen MR) is 91.5 cm³/mol. The maximum atomic E-state index is 12.2. The number of Topliss-reactive ketones (excluding diaryl/α,β-unsaturated/α-hetero) is 1. The highest BCUT2D eigenvalue weighted by molar-refractivity contribution is 5.79. The molecule has 5 aliphatic rings. The molecule has 0 aromatic heterocycles. The molecule has 2 heterocycles. The second-order valence-electron chi connectivity index (χ2n) is 9.95. The molecular formula is C21H30O4. The van der Waals surface area contributed by atoms with Crippen LogP contribution in [0.1, 0.15) is 72.1 Å². The molecule has 2 aliphatic heterocycles. The van der Waals surface area contributed by atoms with Gasteiger partial charge in [0.05, 0.1) is 0 Å². The van der Waals surface area contributed by atoms with Gasteiger partial charge in [0.15, 0.2) is 0 Å². The molecule has 4 nitrogen and oxygen atoms in total. The van der Waals surface area contributed by atoms with Crippen molar-refractivity contribution in [1.82, 2.24) is 0 Å². The van der Waals surface area contributed by atoms with Crippen molar-refractivity contribution >= 4 is 11.8 Å². The van der Waals surface area contributed by atoms with E-state index in [1.165, 1.54) is 19.3 Å². The molecule has 0 N–H and O–H groups in total. The predicted octanol–water partition coefficient (Wildman–Crippen LogP) is 3.87. The van der Waals surface area contributed by atoms with Crippen LogP contribution in [0.15, 0.2) is 0 Å². The van der Waals surface area contributed by atoms with Crippen LogP contribution < -0.4 is 0 Å². The summed E-state index contributed by atoms with van der Waals surface area (Å²) in [7, 11) is 0. The monoisotopic (exact) mass is 346 g/mol. The number of epoxide rings is 1. The molecule has 4 heteroatoms. The highest BCUT2D eigenvalue weighted by Crippen LogP contribution is 2.72. The van der Waals surface area contributed by atoms with Crippen molar-refractivity contribution in [2.24, 2.45) is 34.5 Å². The number of carbonyl (C=O) groups excluding carboxylic acids is 2. The van der Waals surface area contributed by atoms with Crippen LogP contribution in [-0.2, 0) is 19.1 Å². The Morgan fingerprint density at radius 2 is 1.84 bits per heavy atom. The lowest BCUT2D eigenvalue weighted by Gasteiger charge is -2.58. The maximum absolute atomic E-state index is 12.2. The van der Waals surface area contributed by atoms with Gasteiger partial charge in [-0.15, -0.1) is 0 Å². The highest BCUT2D eigenvalue weighted by atomic mass is 16.8. The fourth-order valence-electron chi connectivity index (χ4n) is 7.92. The summed E-state index contributed by atoms with van der Waals surface area (Å²) in [4.78, 5) is 24.2. The largest absolute Gasteiger partial charge is 0.432 e. The summed E-state index contributed by atoms with van der Waals surface area (Å²) in [6, 6.07) is 0. The van der Waals surface area contributed by atoms with Crippen LogP contribution >= 0.6 is 0 Å². The normalized spacial score (nSPS) is 56.6. The molecule has 0 aromatic carbocycles. The van der Waals surface area contributed by atoms with E-state index in [4.69, 9.17) is 9.47 Å². The summed E-state index contributed by atoms with van der Waals surface area (Å²) in [5.41, 5.74) is 0.0176. The minimum atomic E-state index is -0.296. The number of esters is 1. The van der Waals surface area contributed by atoms with Gasteiger partial charge in [-0.25, -0.2) is 0 Å². The van der Waals surface area contributed by atoms with E-state index in [9.17, 15) is 9.59 Å².